The number of benzene rings is 2. The lowest BCUT2D eigenvalue weighted by atomic mass is 10.1. The molecule has 2 N–H and O–H groups in total. The van der Waals surface area contributed by atoms with Crippen LogP contribution in [0.2, 0.25) is 0 Å². The highest BCUT2D eigenvalue weighted by Gasteiger charge is 2.22. The maximum absolute atomic E-state index is 12.1. The van der Waals surface area contributed by atoms with Crippen molar-refractivity contribution in [3.05, 3.63) is 65.5 Å². The minimum absolute atomic E-state index is 0.116. The second kappa shape index (κ2) is 9.77. The number of hydrogen-bond donors (Lipinski definition) is 1. The second-order valence-electron chi connectivity index (χ2n) is 8.19. The molecule has 0 radical (unpaired) electrons. The fraction of sp³-hybridized carbons (Fsp3) is 0.320. The number of aldehydes is 1. The van der Waals surface area contributed by atoms with Gasteiger partial charge in [-0.05, 0) is 67.8 Å². The SMILES string of the molecule is COc1ccc(-n2nc(C(N)=O)c(CCN(C)c3ccc(N4CCCC4)cc3)c2C=O)cc1. The first-order valence-corrected chi connectivity index (χ1v) is 11.1. The van der Waals surface area contributed by atoms with E-state index in [-0.39, 0.29) is 5.69 Å². The summed E-state index contributed by atoms with van der Waals surface area (Å²) in [5.74, 6) is 0.0317. The number of nitrogens with two attached hydrogens (primary N) is 1. The zero-order valence-corrected chi connectivity index (χ0v) is 19.0. The molecule has 8 nitrogen and oxygen atoms in total. The summed E-state index contributed by atoms with van der Waals surface area (Å²) in [7, 11) is 3.57. The molecule has 1 amide bonds. The molecule has 2 aromatic carbocycles. The molecule has 0 saturated carbocycles. The number of carbonyl (C=O) groups is 2. The molecule has 1 aliphatic heterocycles. The highest BCUT2D eigenvalue weighted by molar-refractivity contribution is 5.95. The first-order chi connectivity index (χ1) is 16.0. The van der Waals surface area contributed by atoms with Crippen molar-refractivity contribution < 1.29 is 14.3 Å². The lowest BCUT2D eigenvalue weighted by Gasteiger charge is -2.22. The zero-order valence-electron chi connectivity index (χ0n) is 19.0. The standard InChI is InChI=1S/C25H29N5O3/c1-28(18-5-7-19(8-6-18)29-14-3-4-15-29)16-13-22-23(17-31)30(27-24(22)25(26)32)20-9-11-21(33-2)12-10-20/h5-12,17H,3-4,13-16H2,1-2H3,(H2,26,32). The van der Waals surface area contributed by atoms with E-state index in [0.717, 1.165) is 25.1 Å². The smallest absolute Gasteiger partial charge is 0.269 e. The molecule has 0 spiro atoms. The summed E-state index contributed by atoms with van der Waals surface area (Å²) in [6, 6.07) is 15.6. The minimum atomic E-state index is -0.655. The lowest BCUT2D eigenvalue weighted by molar-refractivity contribution is 0.0994. The Balaban J connectivity index is 1.54. The van der Waals surface area contributed by atoms with Crippen LogP contribution in [0.4, 0.5) is 11.4 Å². The van der Waals surface area contributed by atoms with E-state index in [1.807, 2.05) is 7.05 Å². The van der Waals surface area contributed by atoms with Crippen molar-refractivity contribution in [1.82, 2.24) is 9.78 Å². The van der Waals surface area contributed by atoms with E-state index in [4.69, 9.17) is 10.5 Å². The quantitative estimate of drug-likeness (QED) is 0.507. The third-order valence-corrected chi connectivity index (χ3v) is 6.14. The first-order valence-electron chi connectivity index (χ1n) is 11.1. The van der Waals surface area contributed by atoms with Crippen molar-refractivity contribution in [2.45, 2.75) is 19.3 Å². The Labute approximate surface area is 193 Å². The first kappa shape index (κ1) is 22.4. The van der Waals surface area contributed by atoms with Gasteiger partial charge >= 0.3 is 0 Å². The molecule has 8 heteroatoms. The molecule has 1 aromatic heterocycles. The van der Waals surface area contributed by atoms with E-state index in [1.54, 1.807) is 31.4 Å². The van der Waals surface area contributed by atoms with Crippen LogP contribution in [0.1, 0.15) is 39.4 Å². The van der Waals surface area contributed by atoms with Crippen LogP contribution in [0.3, 0.4) is 0 Å². The molecule has 1 saturated heterocycles. The molecule has 4 rings (SSSR count). The van der Waals surface area contributed by atoms with Crippen molar-refractivity contribution in [1.29, 1.82) is 0 Å². The number of carbonyl (C=O) groups excluding carboxylic acids is 2. The number of methoxy groups -OCH3 is 1. The molecule has 2 heterocycles. The minimum Gasteiger partial charge on any atom is -0.497 e. The van der Waals surface area contributed by atoms with Crippen LogP contribution in [0.15, 0.2) is 48.5 Å². The summed E-state index contributed by atoms with van der Waals surface area (Å²) in [5, 5.41) is 4.36. The molecule has 0 atom stereocenters. The normalized spacial score (nSPS) is 13.2. The van der Waals surface area contributed by atoms with E-state index >= 15 is 0 Å². The topological polar surface area (TPSA) is 93.7 Å². The van der Waals surface area contributed by atoms with Gasteiger partial charge in [0.1, 0.15) is 11.4 Å². The number of likely N-dealkylation sites (N-methyl/N-ethyl adjacent to an activating group) is 1. The summed E-state index contributed by atoms with van der Waals surface area (Å²) >= 11 is 0. The maximum Gasteiger partial charge on any atom is 0.269 e. The Morgan fingerprint density at radius 1 is 1.09 bits per heavy atom. The average Bonchev–Trinajstić information content (AvgIpc) is 3.51. The van der Waals surface area contributed by atoms with Gasteiger partial charge in [-0.2, -0.15) is 5.10 Å². The molecule has 33 heavy (non-hydrogen) atoms. The maximum atomic E-state index is 12.1. The van der Waals surface area contributed by atoms with Crippen molar-refractivity contribution in [2.24, 2.45) is 5.73 Å². The van der Waals surface area contributed by atoms with Gasteiger partial charge in [-0.15, -0.1) is 0 Å². The van der Waals surface area contributed by atoms with Gasteiger partial charge in [0.25, 0.3) is 5.91 Å². The van der Waals surface area contributed by atoms with E-state index in [0.29, 0.717) is 35.7 Å². The van der Waals surface area contributed by atoms with Crippen LogP contribution in [0.25, 0.3) is 5.69 Å². The third-order valence-electron chi connectivity index (χ3n) is 6.14. The summed E-state index contributed by atoms with van der Waals surface area (Å²) < 4.78 is 6.66. The van der Waals surface area contributed by atoms with Gasteiger partial charge in [0, 0.05) is 43.6 Å². The average molecular weight is 448 g/mol. The molecular weight excluding hydrogens is 418 g/mol. The highest BCUT2D eigenvalue weighted by atomic mass is 16.5. The monoisotopic (exact) mass is 447 g/mol. The number of nitrogens with zero attached hydrogens (tertiary/aromatic N) is 4. The van der Waals surface area contributed by atoms with Crippen molar-refractivity contribution in [3.63, 3.8) is 0 Å². The van der Waals surface area contributed by atoms with Crippen LogP contribution in [-0.4, -0.2) is 55.8 Å². The Morgan fingerprint density at radius 3 is 2.30 bits per heavy atom. The van der Waals surface area contributed by atoms with E-state index < -0.39 is 5.91 Å². The number of hydrogen-bond acceptors (Lipinski definition) is 6. The summed E-state index contributed by atoms with van der Waals surface area (Å²) in [6.45, 7) is 2.81. The van der Waals surface area contributed by atoms with Crippen molar-refractivity contribution >= 4 is 23.6 Å². The van der Waals surface area contributed by atoms with E-state index in [9.17, 15) is 9.59 Å². The molecule has 172 valence electrons. The van der Waals surface area contributed by atoms with Gasteiger partial charge in [0.05, 0.1) is 12.8 Å². The summed E-state index contributed by atoms with van der Waals surface area (Å²) in [5.41, 5.74) is 9.55. The Bertz CT molecular complexity index is 1120. The molecule has 1 aliphatic rings. The van der Waals surface area contributed by atoms with Gasteiger partial charge in [-0.1, -0.05) is 0 Å². The summed E-state index contributed by atoms with van der Waals surface area (Å²) in [4.78, 5) is 28.6. The predicted octanol–water partition coefficient (Wildman–Crippen LogP) is 3.07. The van der Waals surface area contributed by atoms with Crippen molar-refractivity contribution in [2.75, 3.05) is 43.6 Å². The Hall–Kier alpha value is -3.81. The highest BCUT2D eigenvalue weighted by Crippen LogP contribution is 2.25. The van der Waals surface area contributed by atoms with E-state index in [2.05, 4.69) is 39.2 Å². The molecule has 0 unspecified atom stereocenters. The fourth-order valence-electron chi connectivity index (χ4n) is 4.25. The third kappa shape index (κ3) is 4.69. The zero-order chi connectivity index (χ0) is 23.4. The Morgan fingerprint density at radius 2 is 1.73 bits per heavy atom. The van der Waals surface area contributed by atoms with Gasteiger partial charge in [0.15, 0.2) is 12.0 Å². The number of ether oxygens (including phenoxy) is 1. The van der Waals surface area contributed by atoms with E-state index in [1.165, 1.54) is 23.2 Å². The van der Waals surface area contributed by atoms with Crippen molar-refractivity contribution in [3.8, 4) is 11.4 Å². The number of amides is 1. The van der Waals surface area contributed by atoms with Gasteiger partial charge in [0.2, 0.25) is 0 Å². The van der Waals surface area contributed by atoms with Crippen LogP contribution in [-0.2, 0) is 6.42 Å². The van der Waals surface area contributed by atoms with Gasteiger partial charge in [-0.25, -0.2) is 4.68 Å². The number of aromatic nitrogens is 2. The number of rotatable bonds is 9. The molecule has 0 aliphatic carbocycles. The van der Waals surface area contributed by atoms with Gasteiger partial charge in [-0.3, -0.25) is 9.59 Å². The summed E-state index contributed by atoms with van der Waals surface area (Å²) in [6.07, 6.45) is 3.66. The predicted molar refractivity (Wildman–Crippen MR) is 129 cm³/mol. The fourth-order valence-corrected chi connectivity index (χ4v) is 4.25. The lowest BCUT2D eigenvalue weighted by Crippen LogP contribution is -2.22. The van der Waals surface area contributed by atoms with Crippen LogP contribution in [0, 0.1) is 0 Å². The molecule has 1 fully saturated rings. The Kier molecular flexibility index (Phi) is 6.63. The van der Waals surface area contributed by atoms with Gasteiger partial charge < -0.3 is 20.3 Å². The number of anilines is 2. The van der Waals surface area contributed by atoms with Crippen LogP contribution < -0.4 is 20.3 Å². The van der Waals surface area contributed by atoms with Crippen LogP contribution >= 0.6 is 0 Å². The molecular formula is C25H29N5O3. The molecule has 3 aromatic rings. The largest absolute Gasteiger partial charge is 0.497 e. The number of primary amides is 1. The second-order valence-corrected chi connectivity index (χ2v) is 8.19. The van der Waals surface area contributed by atoms with Crippen LogP contribution in [0.5, 0.6) is 5.75 Å². The molecule has 0 bridgehead atoms.